The van der Waals surface area contributed by atoms with Gasteiger partial charge in [0.05, 0.1) is 15.7 Å². The lowest BCUT2D eigenvalue weighted by Gasteiger charge is -2.11. The van der Waals surface area contributed by atoms with Gasteiger partial charge in [-0.2, -0.15) is 0 Å². The number of anilines is 1. The van der Waals surface area contributed by atoms with E-state index < -0.39 is 0 Å². The molecule has 0 aliphatic heterocycles. The van der Waals surface area contributed by atoms with Gasteiger partial charge in [-0.1, -0.05) is 35.3 Å². The number of pyridine rings is 1. The Morgan fingerprint density at radius 3 is 2.71 bits per heavy atom. The minimum Gasteiger partial charge on any atom is -0.379 e. The predicted octanol–water partition coefficient (Wildman–Crippen LogP) is 4.31. The summed E-state index contributed by atoms with van der Waals surface area (Å²) in [7, 11) is 0. The van der Waals surface area contributed by atoms with Crippen LogP contribution in [0.15, 0.2) is 36.7 Å². The SMILES string of the molecule is Cc1cccc(Cl)c1NCc1ccncc1Cl. The highest BCUT2D eigenvalue weighted by atomic mass is 35.5. The molecule has 0 amide bonds. The van der Waals surface area contributed by atoms with E-state index in [1.807, 2.05) is 31.2 Å². The maximum atomic E-state index is 6.13. The molecular weight excluding hydrogens is 255 g/mol. The zero-order chi connectivity index (χ0) is 12.3. The number of aromatic nitrogens is 1. The second-order valence-electron chi connectivity index (χ2n) is 3.75. The molecule has 4 heteroatoms. The van der Waals surface area contributed by atoms with E-state index >= 15 is 0 Å². The lowest BCUT2D eigenvalue weighted by Crippen LogP contribution is -2.02. The number of nitrogens with zero attached hydrogens (tertiary/aromatic N) is 1. The molecule has 0 radical (unpaired) electrons. The lowest BCUT2D eigenvalue weighted by molar-refractivity contribution is 1.12. The van der Waals surface area contributed by atoms with Gasteiger partial charge in [-0.3, -0.25) is 4.98 Å². The molecule has 0 unspecified atom stereocenters. The normalized spacial score (nSPS) is 10.3. The summed E-state index contributed by atoms with van der Waals surface area (Å²) in [4.78, 5) is 3.95. The van der Waals surface area contributed by atoms with E-state index in [2.05, 4.69) is 10.3 Å². The third-order valence-electron chi connectivity index (χ3n) is 2.53. The highest BCUT2D eigenvalue weighted by Crippen LogP contribution is 2.26. The minimum absolute atomic E-state index is 0.631. The summed E-state index contributed by atoms with van der Waals surface area (Å²) >= 11 is 12.2. The molecule has 2 aromatic rings. The molecule has 1 aromatic carbocycles. The van der Waals surface area contributed by atoms with Crippen molar-refractivity contribution in [1.29, 1.82) is 0 Å². The van der Waals surface area contributed by atoms with Crippen molar-refractivity contribution in [3.63, 3.8) is 0 Å². The molecule has 0 saturated heterocycles. The molecular formula is C13H12Cl2N2. The zero-order valence-corrected chi connectivity index (χ0v) is 10.9. The molecule has 0 aliphatic carbocycles. The third kappa shape index (κ3) is 2.90. The monoisotopic (exact) mass is 266 g/mol. The number of hydrogen-bond acceptors (Lipinski definition) is 2. The molecule has 0 fully saturated rings. The van der Waals surface area contributed by atoms with E-state index in [-0.39, 0.29) is 0 Å². The number of para-hydroxylation sites is 1. The molecule has 1 heterocycles. The minimum atomic E-state index is 0.631. The van der Waals surface area contributed by atoms with Crippen LogP contribution in [-0.2, 0) is 6.54 Å². The highest BCUT2D eigenvalue weighted by Gasteiger charge is 2.04. The van der Waals surface area contributed by atoms with E-state index in [0.717, 1.165) is 21.8 Å². The Morgan fingerprint density at radius 1 is 1.18 bits per heavy atom. The van der Waals surface area contributed by atoms with E-state index in [9.17, 15) is 0 Å². The quantitative estimate of drug-likeness (QED) is 0.896. The van der Waals surface area contributed by atoms with Crippen LogP contribution in [0.5, 0.6) is 0 Å². The van der Waals surface area contributed by atoms with Crippen LogP contribution in [0.1, 0.15) is 11.1 Å². The van der Waals surface area contributed by atoms with E-state index in [0.29, 0.717) is 11.6 Å². The van der Waals surface area contributed by atoms with Crippen LogP contribution in [0.3, 0.4) is 0 Å². The summed E-state index contributed by atoms with van der Waals surface area (Å²) in [5.41, 5.74) is 3.06. The maximum Gasteiger partial charge on any atom is 0.0640 e. The largest absolute Gasteiger partial charge is 0.379 e. The molecule has 0 spiro atoms. The van der Waals surface area contributed by atoms with Crippen molar-refractivity contribution in [2.24, 2.45) is 0 Å². The number of rotatable bonds is 3. The Labute approximate surface area is 111 Å². The summed E-state index contributed by atoms with van der Waals surface area (Å²) < 4.78 is 0. The number of hydrogen-bond donors (Lipinski definition) is 1. The van der Waals surface area contributed by atoms with Gasteiger partial charge in [-0.05, 0) is 30.2 Å². The average Bonchev–Trinajstić information content (AvgIpc) is 2.30. The Bertz CT molecular complexity index is 506. The van der Waals surface area contributed by atoms with Gasteiger partial charge in [0.1, 0.15) is 0 Å². The fraction of sp³-hybridized carbons (Fsp3) is 0.154. The molecule has 0 saturated carbocycles. The summed E-state index contributed by atoms with van der Waals surface area (Å²) in [6.45, 7) is 2.65. The Kier molecular flexibility index (Phi) is 3.87. The summed E-state index contributed by atoms with van der Waals surface area (Å²) in [5.74, 6) is 0. The Morgan fingerprint density at radius 2 is 2.00 bits per heavy atom. The lowest BCUT2D eigenvalue weighted by atomic mass is 10.2. The molecule has 0 atom stereocenters. The van der Waals surface area contributed by atoms with Crippen molar-refractivity contribution in [3.05, 3.63) is 57.8 Å². The first-order valence-electron chi connectivity index (χ1n) is 5.26. The van der Waals surface area contributed by atoms with Gasteiger partial charge < -0.3 is 5.32 Å². The van der Waals surface area contributed by atoms with Crippen LogP contribution in [0.4, 0.5) is 5.69 Å². The Hall–Kier alpha value is -1.25. The fourth-order valence-corrected chi connectivity index (χ4v) is 2.06. The maximum absolute atomic E-state index is 6.13. The number of halogens is 2. The van der Waals surface area contributed by atoms with Crippen molar-refractivity contribution in [2.45, 2.75) is 13.5 Å². The van der Waals surface area contributed by atoms with E-state index in [4.69, 9.17) is 23.2 Å². The standard InChI is InChI=1S/C13H12Cl2N2/c1-9-3-2-4-11(14)13(9)17-7-10-5-6-16-8-12(10)15/h2-6,8,17H,7H2,1H3. The van der Waals surface area contributed by atoms with Gasteiger partial charge in [-0.15, -0.1) is 0 Å². The fourth-order valence-electron chi connectivity index (χ4n) is 1.59. The summed E-state index contributed by atoms with van der Waals surface area (Å²) in [6, 6.07) is 7.71. The van der Waals surface area contributed by atoms with Crippen molar-refractivity contribution < 1.29 is 0 Å². The van der Waals surface area contributed by atoms with Crippen molar-refractivity contribution >= 4 is 28.9 Å². The van der Waals surface area contributed by atoms with Crippen LogP contribution in [-0.4, -0.2) is 4.98 Å². The molecule has 2 rings (SSSR count). The predicted molar refractivity (Wildman–Crippen MR) is 72.8 cm³/mol. The van der Waals surface area contributed by atoms with Crippen molar-refractivity contribution in [2.75, 3.05) is 5.32 Å². The zero-order valence-electron chi connectivity index (χ0n) is 9.37. The van der Waals surface area contributed by atoms with Crippen LogP contribution < -0.4 is 5.32 Å². The van der Waals surface area contributed by atoms with Crippen LogP contribution in [0.2, 0.25) is 10.0 Å². The first-order valence-corrected chi connectivity index (χ1v) is 6.01. The number of aryl methyl sites for hydroxylation is 1. The van der Waals surface area contributed by atoms with Crippen LogP contribution >= 0.6 is 23.2 Å². The topological polar surface area (TPSA) is 24.9 Å². The van der Waals surface area contributed by atoms with Gasteiger partial charge in [0.2, 0.25) is 0 Å². The molecule has 88 valence electrons. The van der Waals surface area contributed by atoms with Gasteiger partial charge in [-0.25, -0.2) is 0 Å². The third-order valence-corrected chi connectivity index (χ3v) is 3.19. The molecule has 1 aromatic heterocycles. The highest BCUT2D eigenvalue weighted by molar-refractivity contribution is 6.33. The average molecular weight is 267 g/mol. The first kappa shape index (κ1) is 12.2. The van der Waals surface area contributed by atoms with Gasteiger partial charge in [0, 0.05) is 18.9 Å². The second kappa shape index (κ2) is 5.39. The second-order valence-corrected chi connectivity index (χ2v) is 4.57. The number of nitrogens with one attached hydrogen (secondary N) is 1. The van der Waals surface area contributed by atoms with Crippen molar-refractivity contribution in [3.8, 4) is 0 Å². The van der Waals surface area contributed by atoms with Crippen LogP contribution in [0, 0.1) is 6.92 Å². The van der Waals surface area contributed by atoms with E-state index in [1.165, 1.54) is 0 Å². The summed E-state index contributed by atoms with van der Waals surface area (Å²) in [6.07, 6.45) is 3.36. The molecule has 2 nitrogen and oxygen atoms in total. The molecule has 0 bridgehead atoms. The molecule has 17 heavy (non-hydrogen) atoms. The first-order chi connectivity index (χ1) is 8.18. The smallest absolute Gasteiger partial charge is 0.0640 e. The number of benzene rings is 1. The van der Waals surface area contributed by atoms with Crippen molar-refractivity contribution in [1.82, 2.24) is 4.98 Å². The van der Waals surface area contributed by atoms with Gasteiger partial charge in [0.25, 0.3) is 0 Å². The molecule has 1 N–H and O–H groups in total. The summed E-state index contributed by atoms with van der Waals surface area (Å²) in [5, 5.41) is 4.67. The van der Waals surface area contributed by atoms with E-state index in [1.54, 1.807) is 12.4 Å². The van der Waals surface area contributed by atoms with Crippen LogP contribution in [0.25, 0.3) is 0 Å². The van der Waals surface area contributed by atoms with Gasteiger partial charge in [0.15, 0.2) is 0 Å². The van der Waals surface area contributed by atoms with Gasteiger partial charge >= 0.3 is 0 Å². The molecule has 0 aliphatic rings. The Balaban J connectivity index is 2.16.